The number of hydrogen-bond donors (Lipinski definition) is 1. The van der Waals surface area contributed by atoms with Gasteiger partial charge in [0, 0.05) is 13.2 Å². The van der Waals surface area contributed by atoms with Gasteiger partial charge in [-0.05, 0) is 44.0 Å². The Morgan fingerprint density at radius 1 is 1.38 bits per heavy atom. The fourth-order valence-electron chi connectivity index (χ4n) is 1.52. The van der Waals surface area contributed by atoms with E-state index in [-0.39, 0.29) is 6.10 Å². The highest BCUT2D eigenvalue weighted by atomic mass is 16.5. The van der Waals surface area contributed by atoms with E-state index in [4.69, 9.17) is 15.2 Å². The highest BCUT2D eigenvalue weighted by Gasteiger charge is 2.05. The molecule has 0 saturated heterocycles. The summed E-state index contributed by atoms with van der Waals surface area (Å²) in [5.74, 6) is 0.877. The van der Waals surface area contributed by atoms with Gasteiger partial charge in [0.1, 0.15) is 11.9 Å². The minimum Gasteiger partial charge on any atom is -0.488 e. The van der Waals surface area contributed by atoms with Gasteiger partial charge >= 0.3 is 0 Å². The summed E-state index contributed by atoms with van der Waals surface area (Å²) in [6.07, 6.45) is 0.0723. The van der Waals surface area contributed by atoms with Gasteiger partial charge in [0.25, 0.3) is 0 Å². The van der Waals surface area contributed by atoms with E-state index in [0.29, 0.717) is 13.2 Å². The Balaban J connectivity index is 2.57. The second-order valence-corrected chi connectivity index (χ2v) is 3.88. The maximum absolute atomic E-state index is 5.73. The summed E-state index contributed by atoms with van der Waals surface area (Å²) < 4.78 is 11.0. The second kappa shape index (κ2) is 6.51. The molecule has 0 aliphatic carbocycles. The van der Waals surface area contributed by atoms with Crippen LogP contribution in [0, 0.1) is 6.92 Å². The predicted molar refractivity (Wildman–Crippen MR) is 65.7 cm³/mol. The van der Waals surface area contributed by atoms with Crippen molar-refractivity contribution in [2.45, 2.75) is 33.4 Å². The van der Waals surface area contributed by atoms with Crippen molar-refractivity contribution in [3.63, 3.8) is 0 Å². The third kappa shape index (κ3) is 3.83. The highest BCUT2D eigenvalue weighted by molar-refractivity contribution is 5.34. The Labute approximate surface area is 97.6 Å². The van der Waals surface area contributed by atoms with Crippen molar-refractivity contribution in [2.75, 3.05) is 13.2 Å². The topological polar surface area (TPSA) is 44.5 Å². The molecular formula is C13H21NO2. The summed E-state index contributed by atoms with van der Waals surface area (Å²) >= 11 is 0. The number of benzene rings is 1. The minimum absolute atomic E-state index is 0.0723. The van der Waals surface area contributed by atoms with Crippen LogP contribution in [0.1, 0.15) is 25.0 Å². The Morgan fingerprint density at radius 3 is 2.69 bits per heavy atom. The number of ether oxygens (including phenoxy) is 2. The number of hydrogen-bond acceptors (Lipinski definition) is 3. The van der Waals surface area contributed by atoms with E-state index in [1.807, 2.05) is 39.0 Å². The molecule has 1 unspecified atom stereocenters. The van der Waals surface area contributed by atoms with E-state index < -0.39 is 0 Å². The van der Waals surface area contributed by atoms with Crippen LogP contribution in [-0.2, 0) is 11.3 Å². The first-order valence-corrected chi connectivity index (χ1v) is 5.71. The third-order valence-corrected chi connectivity index (χ3v) is 2.43. The number of rotatable bonds is 6. The van der Waals surface area contributed by atoms with Crippen molar-refractivity contribution in [2.24, 2.45) is 5.73 Å². The van der Waals surface area contributed by atoms with E-state index in [0.717, 1.165) is 17.9 Å². The van der Waals surface area contributed by atoms with Crippen molar-refractivity contribution in [1.29, 1.82) is 0 Å². The average molecular weight is 223 g/mol. The van der Waals surface area contributed by atoms with Crippen LogP contribution in [0.3, 0.4) is 0 Å². The largest absolute Gasteiger partial charge is 0.488 e. The zero-order valence-electron chi connectivity index (χ0n) is 10.3. The van der Waals surface area contributed by atoms with Crippen molar-refractivity contribution in [3.05, 3.63) is 29.3 Å². The van der Waals surface area contributed by atoms with Crippen molar-refractivity contribution < 1.29 is 9.47 Å². The van der Waals surface area contributed by atoms with Gasteiger partial charge in [-0.15, -0.1) is 0 Å². The second-order valence-electron chi connectivity index (χ2n) is 3.88. The van der Waals surface area contributed by atoms with Gasteiger partial charge in [0.2, 0.25) is 0 Å². The molecule has 0 aliphatic heterocycles. The molecule has 0 fully saturated rings. The Bertz CT molecular complexity index is 326. The molecule has 0 radical (unpaired) electrons. The van der Waals surface area contributed by atoms with Crippen LogP contribution in [0.2, 0.25) is 0 Å². The van der Waals surface area contributed by atoms with E-state index >= 15 is 0 Å². The molecule has 0 spiro atoms. The lowest BCUT2D eigenvalue weighted by Crippen LogP contribution is -2.19. The van der Waals surface area contributed by atoms with E-state index in [1.165, 1.54) is 5.56 Å². The molecule has 0 bridgehead atoms. The van der Waals surface area contributed by atoms with Crippen LogP contribution >= 0.6 is 0 Å². The number of nitrogens with two attached hydrogens (primary N) is 1. The zero-order valence-corrected chi connectivity index (χ0v) is 10.3. The van der Waals surface area contributed by atoms with Gasteiger partial charge < -0.3 is 15.2 Å². The summed E-state index contributed by atoms with van der Waals surface area (Å²) in [7, 11) is 0. The van der Waals surface area contributed by atoms with Crippen LogP contribution in [0.5, 0.6) is 5.75 Å². The standard InChI is InChI=1S/C13H21NO2/c1-4-15-9-11(3)16-13-6-5-12(8-14)10(2)7-13/h5-7,11H,4,8-9,14H2,1-3H3. The molecule has 0 saturated carbocycles. The molecule has 0 amide bonds. The molecule has 1 atom stereocenters. The van der Waals surface area contributed by atoms with Crippen LogP contribution in [0.25, 0.3) is 0 Å². The zero-order chi connectivity index (χ0) is 12.0. The Kier molecular flexibility index (Phi) is 5.29. The molecule has 3 heteroatoms. The van der Waals surface area contributed by atoms with E-state index in [2.05, 4.69) is 0 Å². The summed E-state index contributed by atoms with van der Waals surface area (Å²) in [6.45, 7) is 7.94. The number of aryl methyl sites for hydroxylation is 1. The first kappa shape index (κ1) is 13.0. The Morgan fingerprint density at radius 2 is 2.12 bits per heavy atom. The normalized spacial score (nSPS) is 12.5. The SMILES string of the molecule is CCOCC(C)Oc1ccc(CN)c(C)c1. The lowest BCUT2D eigenvalue weighted by Gasteiger charge is -2.15. The average Bonchev–Trinajstić information content (AvgIpc) is 2.26. The Hall–Kier alpha value is -1.06. The van der Waals surface area contributed by atoms with E-state index in [1.54, 1.807) is 0 Å². The predicted octanol–water partition coefficient (Wildman–Crippen LogP) is 2.26. The van der Waals surface area contributed by atoms with Crippen LogP contribution in [0.15, 0.2) is 18.2 Å². The molecule has 2 N–H and O–H groups in total. The quantitative estimate of drug-likeness (QED) is 0.804. The molecular weight excluding hydrogens is 202 g/mol. The van der Waals surface area contributed by atoms with Crippen molar-refractivity contribution >= 4 is 0 Å². The van der Waals surface area contributed by atoms with Gasteiger partial charge in [0.05, 0.1) is 6.61 Å². The summed E-state index contributed by atoms with van der Waals surface area (Å²) in [4.78, 5) is 0. The summed E-state index contributed by atoms with van der Waals surface area (Å²) in [6, 6.07) is 5.99. The highest BCUT2D eigenvalue weighted by Crippen LogP contribution is 2.18. The fraction of sp³-hybridized carbons (Fsp3) is 0.538. The smallest absolute Gasteiger partial charge is 0.120 e. The third-order valence-electron chi connectivity index (χ3n) is 2.43. The summed E-state index contributed by atoms with van der Waals surface area (Å²) in [5.41, 5.74) is 7.93. The molecule has 16 heavy (non-hydrogen) atoms. The molecule has 0 heterocycles. The maximum atomic E-state index is 5.73. The molecule has 0 aliphatic rings. The minimum atomic E-state index is 0.0723. The van der Waals surface area contributed by atoms with Gasteiger partial charge in [-0.2, -0.15) is 0 Å². The van der Waals surface area contributed by atoms with Crippen molar-refractivity contribution in [1.82, 2.24) is 0 Å². The first-order chi connectivity index (χ1) is 7.67. The lowest BCUT2D eigenvalue weighted by atomic mass is 10.1. The molecule has 0 aromatic heterocycles. The van der Waals surface area contributed by atoms with Gasteiger partial charge in [-0.25, -0.2) is 0 Å². The van der Waals surface area contributed by atoms with Crippen LogP contribution in [0.4, 0.5) is 0 Å². The molecule has 1 aromatic rings. The molecule has 90 valence electrons. The van der Waals surface area contributed by atoms with Crippen LogP contribution in [-0.4, -0.2) is 19.3 Å². The fourth-order valence-corrected chi connectivity index (χ4v) is 1.52. The molecule has 3 nitrogen and oxygen atoms in total. The van der Waals surface area contributed by atoms with Gasteiger partial charge in [-0.3, -0.25) is 0 Å². The maximum Gasteiger partial charge on any atom is 0.120 e. The van der Waals surface area contributed by atoms with E-state index in [9.17, 15) is 0 Å². The van der Waals surface area contributed by atoms with Gasteiger partial charge in [0.15, 0.2) is 0 Å². The first-order valence-electron chi connectivity index (χ1n) is 5.71. The molecule has 1 aromatic carbocycles. The van der Waals surface area contributed by atoms with Crippen LogP contribution < -0.4 is 10.5 Å². The van der Waals surface area contributed by atoms with Crippen molar-refractivity contribution in [3.8, 4) is 5.75 Å². The van der Waals surface area contributed by atoms with Gasteiger partial charge in [-0.1, -0.05) is 6.07 Å². The lowest BCUT2D eigenvalue weighted by molar-refractivity contribution is 0.0657. The molecule has 1 rings (SSSR count). The summed E-state index contributed by atoms with van der Waals surface area (Å²) in [5, 5.41) is 0. The monoisotopic (exact) mass is 223 g/mol.